The molecule has 3 heteroatoms. The van der Waals surface area contributed by atoms with Gasteiger partial charge >= 0.3 is 0 Å². The highest BCUT2D eigenvalue weighted by Gasteiger charge is 2.06. The van der Waals surface area contributed by atoms with Crippen molar-refractivity contribution in [2.45, 2.75) is 38.2 Å². The molecular formula is C14H19ClS2. The molecule has 0 fully saturated rings. The third-order valence-corrected chi connectivity index (χ3v) is 4.33. The second kappa shape index (κ2) is 7.40. The summed E-state index contributed by atoms with van der Waals surface area (Å²) in [7, 11) is 0. The Morgan fingerprint density at radius 1 is 1.00 bits per heavy atom. The van der Waals surface area contributed by atoms with Gasteiger partial charge in [-0.1, -0.05) is 51.4 Å². The van der Waals surface area contributed by atoms with E-state index in [0.717, 1.165) is 5.02 Å². The van der Waals surface area contributed by atoms with Gasteiger partial charge in [0.2, 0.25) is 0 Å². The molecule has 1 rings (SSSR count). The Bertz CT molecular complexity index is 354. The van der Waals surface area contributed by atoms with Crippen LogP contribution in [0.3, 0.4) is 0 Å². The Kier molecular flexibility index (Phi) is 6.53. The number of hydrogen-bond donors (Lipinski definition) is 0. The van der Waals surface area contributed by atoms with Crippen LogP contribution < -0.4 is 0 Å². The van der Waals surface area contributed by atoms with E-state index in [2.05, 4.69) is 45.9 Å². The first kappa shape index (κ1) is 15.0. The van der Waals surface area contributed by atoms with E-state index in [1.165, 1.54) is 9.80 Å². The topological polar surface area (TPSA) is 0 Å². The zero-order valence-electron chi connectivity index (χ0n) is 10.7. The highest BCUT2D eigenvalue weighted by atomic mass is 35.5. The summed E-state index contributed by atoms with van der Waals surface area (Å²) < 4.78 is 1.37. The van der Waals surface area contributed by atoms with E-state index in [-0.39, 0.29) is 0 Å². The van der Waals surface area contributed by atoms with Gasteiger partial charge in [-0.3, -0.25) is 0 Å². The van der Waals surface area contributed by atoms with Gasteiger partial charge in [0.15, 0.2) is 0 Å². The van der Waals surface area contributed by atoms with Gasteiger partial charge in [0, 0.05) is 19.8 Å². The fourth-order valence-electron chi connectivity index (χ4n) is 1.26. The second-order valence-corrected chi connectivity index (χ2v) is 8.28. The van der Waals surface area contributed by atoms with Crippen molar-refractivity contribution < 1.29 is 0 Å². The third-order valence-electron chi connectivity index (χ3n) is 1.86. The van der Waals surface area contributed by atoms with E-state index in [1.807, 2.05) is 35.7 Å². The van der Waals surface area contributed by atoms with Crippen LogP contribution in [-0.4, -0.2) is 10.5 Å². The van der Waals surface area contributed by atoms with E-state index in [9.17, 15) is 0 Å². The number of halogens is 1. The fourth-order valence-corrected chi connectivity index (χ4v) is 4.10. The zero-order valence-corrected chi connectivity index (χ0v) is 13.1. The van der Waals surface area contributed by atoms with Crippen molar-refractivity contribution >= 4 is 41.2 Å². The quantitative estimate of drug-likeness (QED) is 0.659. The Morgan fingerprint density at radius 2 is 1.47 bits per heavy atom. The molecule has 0 atom stereocenters. The lowest BCUT2D eigenvalue weighted by Gasteiger charge is -2.12. The van der Waals surface area contributed by atoms with Crippen LogP contribution in [0.4, 0.5) is 0 Å². The zero-order chi connectivity index (χ0) is 12.8. The lowest BCUT2D eigenvalue weighted by atomic mass is 10.2. The summed E-state index contributed by atoms with van der Waals surface area (Å²) in [5, 5.41) is 2.01. The van der Waals surface area contributed by atoms with E-state index in [4.69, 9.17) is 11.6 Å². The Labute approximate surface area is 118 Å². The van der Waals surface area contributed by atoms with Crippen LogP contribution in [0, 0.1) is 0 Å². The van der Waals surface area contributed by atoms with E-state index in [1.54, 1.807) is 0 Å². The standard InChI is InChI=1S/C14H19ClS2/c1-10(2)16-14(17-11(3)4)9-12-5-7-13(15)8-6-12/h5-11H,1-4H3. The molecule has 0 amide bonds. The van der Waals surface area contributed by atoms with Gasteiger partial charge in [-0.15, -0.1) is 23.5 Å². The molecule has 94 valence electrons. The van der Waals surface area contributed by atoms with Crippen LogP contribution in [0.5, 0.6) is 0 Å². The lowest BCUT2D eigenvalue weighted by Crippen LogP contribution is -1.91. The fraction of sp³-hybridized carbons (Fsp3) is 0.429. The molecule has 1 aromatic carbocycles. The SMILES string of the molecule is CC(C)SC(=Cc1ccc(Cl)cc1)SC(C)C. The van der Waals surface area contributed by atoms with Crippen LogP contribution in [0.1, 0.15) is 33.3 Å². The predicted molar refractivity (Wildman–Crippen MR) is 84.9 cm³/mol. The molecule has 0 bridgehead atoms. The maximum Gasteiger partial charge on any atom is 0.0411 e. The van der Waals surface area contributed by atoms with Crippen molar-refractivity contribution in [2.75, 3.05) is 0 Å². The van der Waals surface area contributed by atoms with Crippen LogP contribution in [-0.2, 0) is 0 Å². The van der Waals surface area contributed by atoms with Gasteiger partial charge in [0.05, 0.1) is 0 Å². The molecule has 0 aliphatic heterocycles. The average molecular weight is 287 g/mol. The molecule has 1 aromatic rings. The normalized spacial score (nSPS) is 11.0. The maximum atomic E-state index is 5.89. The molecular weight excluding hydrogens is 268 g/mol. The number of rotatable bonds is 5. The highest BCUT2D eigenvalue weighted by Crippen LogP contribution is 2.36. The minimum Gasteiger partial charge on any atom is -0.116 e. The summed E-state index contributed by atoms with van der Waals surface area (Å²) >= 11 is 9.72. The minimum absolute atomic E-state index is 0.611. The molecule has 0 aliphatic rings. The van der Waals surface area contributed by atoms with Crippen molar-refractivity contribution in [1.82, 2.24) is 0 Å². The lowest BCUT2D eigenvalue weighted by molar-refractivity contribution is 1.11. The number of thioether (sulfide) groups is 2. The van der Waals surface area contributed by atoms with Crippen molar-refractivity contribution in [2.24, 2.45) is 0 Å². The van der Waals surface area contributed by atoms with Gasteiger partial charge in [-0.25, -0.2) is 0 Å². The molecule has 17 heavy (non-hydrogen) atoms. The average Bonchev–Trinajstić information content (AvgIpc) is 2.19. The highest BCUT2D eigenvalue weighted by molar-refractivity contribution is 8.22. The Morgan fingerprint density at radius 3 is 1.88 bits per heavy atom. The second-order valence-electron chi connectivity index (χ2n) is 4.35. The van der Waals surface area contributed by atoms with Gasteiger partial charge in [0.1, 0.15) is 0 Å². The largest absolute Gasteiger partial charge is 0.116 e. The minimum atomic E-state index is 0.611. The van der Waals surface area contributed by atoms with Crippen molar-refractivity contribution in [3.8, 4) is 0 Å². The first-order chi connectivity index (χ1) is 7.97. The van der Waals surface area contributed by atoms with Crippen molar-refractivity contribution in [3.63, 3.8) is 0 Å². The maximum absolute atomic E-state index is 5.89. The summed E-state index contributed by atoms with van der Waals surface area (Å²) in [5.74, 6) is 0. The first-order valence-corrected chi connectivity index (χ1v) is 7.91. The smallest absolute Gasteiger partial charge is 0.0411 e. The molecule has 0 heterocycles. The first-order valence-electron chi connectivity index (χ1n) is 5.78. The van der Waals surface area contributed by atoms with Crippen LogP contribution in [0.25, 0.3) is 6.08 Å². The van der Waals surface area contributed by atoms with Gasteiger partial charge < -0.3 is 0 Å². The number of hydrogen-bond acceptors (Lipinski definition) is 2. The van der Waals surface area contributed by atoms with E-state index >= 15 is 0 Å². The molecule has 0 N–H and O–H groups in total. The number of benzene rings is 1. The molecule has 0 spiro atoms. The van der Waals surface area contributed by atoms with Crippen LogP contribution in [0.2, 0.25) is 5.02 Å². The van der Waals surface area contributed by atoms with Gasteiger partial charge in [-0.2, -0.15) is 0 Å². The predicted octanol–water partition coefficient (Wildman–Crippen LogP) is 5.92. The van der Waals surface area contributed by atoms with Gasteiger partial charge in [-0.05, 0) is 23.8 Å². The molecule has 0 aliphatic carbocycles. The van der Waals surface area contributed by atoms with Crippen LogP contribution in [0.15, 0.2) is 28.5 Å². The van der Waals surface area contributed by atoms with Crippen molar-refractivity contribution in [3.05, 3.63) is 39.1 Å². The molecule has 0 saturated carbocycles. The summed E-state index contributed by atoms with van der Waals surface area (Å²) in [6, 6.07) is 7.99. The summed E-state index contributed by atoms with van der Waals surface area (Å²) in [4.78, 5) is 0. The summed E-state index contributed by atoms with van der Waals surface area (Å²) in [5.41, 5.74) is 1.21. The van der Waals surface area contributed by atoms with Crippen LogP contribution >= 0.6 is 35.1 Å². The Hall–Kier alpha value is -0.0500. The molecule has 0 radical (unpaired) electrons. The molecule has 0 saturated heterocycles. The van der Waals surface area contributed by atoms with Crippen molar-refractivity contribution in [1.29, 1.82) is 0 Å². The monoisotopic (exact) mass is 286 g/mol. The Balaban J connectivity index is 2.83. The molecule has 0 unspecified atom stereocenters. The van der Waals surface area contributed by atoms with E-state index < -0.39 is 0 Å². The van der Waals surface area contributed by atoms with Gasteiger partial charge in [0.25, 0.3) is 0 Å². The molecule has 0 nitrogen and oxygen atoms in total. The summed E-state index contributed by atoms with van der Waals surface area (Å²) in [6.45, 7) is 8.89. The molecule has 0 aromatic heterocycles. The van der Waals surface area contributed by atoms with E-state index in [0.29, 0.717) is 10.5 Å². The third kappa shape index (κ3) is 6.44. The summed E-state index contributed by atoms with van der Waals surface area (Å²) in [6.07, 6.45) is 2.24.